The minimum absolute atomic E-state index is 0.177. The van der Waals surface area contributed by atoms with E-state index < -0.39 is 0 Å². The van der Waals surface area contributed by atoms with E-state index in [0.29, 0.717) is 12.1 Å². The molecule has 1 N–H and O–H groups in total. The molecule has 0 amide bonds. The predicted octanol–water partition coefficient (Wildman–Crippen LogP) is 3.34. The van der Waals surface area contributed by atoms with E-state index in [9.17, 15) is 9.90 Å². The van der Waals surface area contributed by atoms with Crippen LogP contribution >= 0.6 is 0 Å². The molecule has 1 aliphatic rings. The Labute approximate surface area is 153 Å². The normalized spacial score (nSPS) is 13.5. The maximum atomic E-state index is 11.5. The molecule has 0 spiro atoms. The molecule has 0 saturated heterocycles. The zero-order chi connectivity index (χ0) is 18.9. The summed E-state index contributed by atoms with van der Waals surface area (Å²) in [6.45, 7) is 6.13. The zero-order valence-corrected chi connectivity index (χ0v) is 15.7. The van der Waals surface area contributed by atoms with E-state index in [1.54, 1.807) is 0 Å². The summed E-state index contributed by atoms with van der Waals surface area (Å²) in [6, 6.07) is 3.80. The third-order valence-electron chi connectivity index (χ3n) is 4.56. The third-order valence-corrected chi connectivity index (χ3v) is 4.56. The average molecular weight is 355 g/mol. The molecule has 1 aromatic heterocycles. The summed E-state index contributed by atoms with van der Waals surface area (Å²) in [6.07, 6.45) is 6.66. The molecule has 0 bridgehead atoms. The number of carbonyl (C=O) groups is 1. The van der Waals surface area contributed by atoms with Crippen LogP contribution in [0.15, 0.2) is 18.2 Å². The number of aromatic hydroxyl groups is 1. The molecule has 26 heavy (non-hydrogen) atoms. The van der Waals surface area contributed by atoms with Crippen molar-refractivity contribution in [3.63, 3.8) is 0 Å². The van der Waals surface area contributed by atoms with Gasteiger partial charge >= 0.3 is 5.97 Å². The number of carbonyl (C=O) groups excluding carboxylic acids is 1. The van der Waals surface area contributed by atoms with Crippen LogP contribution in [0.1, 0.15) is 56.1 Å². The number of fused-ring (bicyclic) bond motifs is 1. The quantitative estimate of drug-likeness (QED) is 0.851. The molecular formula is C20H25N3O3. The first-order valence-electron chi connectivity index (χ1n) is 8.86. The molecule has 0 fully saturated rings. The Morgan fingerprint density at radius 3 is 2.73 bits per heavy atom. The summed E-state index contributed by atoms with van der Waals surface area (Å²) >= 11 is 0. The van der Waals surface area contributed by atoms with E-state index in [4.69, 9.17) is 4.74 Å². The SMILES string of the molecule is COC(=O)CCc1cc(-n2nc3c(n2)CCC=C3)c(O)c(C(C)(C)C)c1. The summed E-state index contributed by atoms with van der Waals surface area (Å²) in [7, 11) is 1.39. The number of allylic oxidation sites excluding steroid dienone is 1. The fourth-order valence-corrected chi connectivity index (χ4v) is 3.07. The Bertz CT molecular complexity index is 860. The van der Waals surface area contributed by atoms with Gasteiger partial charge in [-0.15, -0.1) is 9.90 Å². The first-order chi connectivity index (χ1) is 12.3. The third kappa shape index (κ3) is 3.64. The van der Waals surface area contributed by atoms with Gasteiger partial charge in [-0.2, -0.15) is 5.10 Å². The van der Waals surface area contributed by atoms with Crippen LogP contribution in [0.2, 0.25) is 0 Å². The number of aryl methyl sites for hydroxylation is 2. The van der Waals surface area contributed by atoms with Crippen molar-refractivity contribution in [1.29, 1.82) is 0 Å². The van der Waals surface area contributed by atoms with E-state index in [1.807, 2.05) is 39.0 Å². The van der Waals surface area contributed by atoms with Crippen molar-refractivity contribution in [2.24, 2.45) is 0 Å². The van der Waals surface area contributed by atoms with Gasteiger partial charge in [0.1, 0.15) is 17.1 Å². The van der Waals surface area contributed by atoms with Crippen LogP contribution in [0.25, 0.3) is 11.8 Å². The summed E-state index contributed by atoms with van der Waals surface area (Å²) in [5.74, 6) is -0.0783. The average Bonchev–Trinajstić information content (AvgIpc) is 3.03. The molecule has 0 saturated carbocycles. The number of phenolic OH excluding ortho intramolecular Hbond substituents is 1. The largest absolute Gasteiger partial charge is 0.505 e. The van der Waals surface area contributed by atoms with Crippen LogP contribution in [-0.4, -0.2) is 33.2 Å². The predicted molar refractivity (Wildman–Crippen MR) is 99.4 cm³/mol. The molecule has 3 rings (SSSR count). The zero-order valence-electron chi connectivity index (χ0n) is 15.7. The highest BCUT2D eigenvalue weighted by Crippen LogP contribution is 2.36. The van der Waals surface area contributed by atoms with Crippen molar-refractivity contribution in [2.45, 2.75) is 51.9 Å². The van der Waals surface area contributed by atoms with E-state index >= 15 is 0 Å². The number of phenols is 1. The number of benzene rings is 1. The number of hydrogen-bond acceptors (Lipinski definition) is 5. The molecule has 1 aromatic carbocycles. The van der Waals surface area contributed by atoms with Crippen molar-refractivity contribution < 1.29 is 14.6 Å². The number of aromatic nitrogens is 3. The molecule has 0 aliphatic heterocycles. The monoisotopic (exact) mass is 355 g/mol. The lowest BCUT2D eigenvalue weighted by atomic mass is 9.84. The Balaban J connectivity index is 2.06. The van der Waals surface area contributed by atoms with Gasteiger partial charge in [-0.05, 0) is 42.4 Å². The van der Waals surface area contributed by atoms with Gasteiger partial charge in [-0.25, -0.2) is 0 Å². The van der Waals surface area contributed by atoms with Crippen LogP contribution in [0.3, 0.4) is 0 Å². The lowest BCUT2D eigenvalue weighted by Gasteiger charge is -2.23. The van der Waals surface area contributed by atoms with Crippen molar-refractivity contribution in [3.8, 4) is 11.4 Å². The van der Waals surface area contributed by atoms with Gasteiger partial charge in [0.15, 0.2) is 0 Å². The Hall–Kier alpha value is -2.63. The van der Waals surface area contributed by atoms with Gasteiger partial charge in [0.05, 0.1) is 12.8 Å². The van der Waals surface area contributed by atoms with Gasteiger partial charge in [-0.1, -0.05) is 32.9 Å². The smallest absolute Gasteiger partial charge is 0.305 e. The maximum Gasteiger partial charge on any atom is 0.305 e. The number of rotatable bonds is 4. The molecule has 138 valence electrons. The summed E-state index contributed by atoms with van der Waals surface area (Å²) < 4.78 is 4.74. The number of hydrogen-bond donors (Lipinski definition) is 1. The number of ether oxygens (including phenoxy) is 1. The van der Waals surface area contributed by atoms with Crippen molar-refractivity contribution >= 4 is 12.0 Å². The first kappa shape index (κ1) is 18.2. The van der Waals surface area contributed by atoms with E-state index in [2.05, 4.69) is 16.3 Å². The topological polar surface area (TPSA) is 77.2 Å². The minimum Gasteiger partial charge on any atom is -0.505 e. The van der Waals surface area contributed by atoms with Crippen molar-refractivity contribution in [2.75, 3.05) is 7.11 Å². The van der Waals surface area contributed by atoms with E-state index in [1.165, 1.54) is 11.9 Å². The number of esters is 1. The molecule has 0 radical (unpaired) electrons. The van der Waals surface area contributed by atoms with E-state index in [-0.39, 0.29) is 23.6 Å². The molecule has 6 heteroatoms. The van der Waals surface area contributed by atoms with E-state index in [0.717, 1.165) is 35.4 Å². The number of nitrogens with zero attached hydrogens (tertiary/aromatic N) is 3. The lowest BCUT2D eigenvalue weighted by molar-refractivity contribution is -0.140. The van der Waals surface area contributed by atoms with Crippen LogP contribution in [0.5, 0.6) is 5.75 Å². The fraction of sp³-hybridized carbons (Fsp3) is 0.450. The van der Waals surface area contributed by atoms with Crippen LogP contribution in [-0.2, 0) is 27.8 Å². The van der Waals surface area contributed by atoms with Gasteiger partial charge < -0.3 is 9.84 Å². The summed E-state index contributed by atoms with van der Waals surface area (Å²) in [5, 5.41) is 20.0. The number of methoxy groups -OCH3 is 1. The summed E-state index contributed by atoms with van der Waals surface area (Å²) in [4.78, 5) is 13.0. The maximum absolute atomic E-state index is 11.5. The highest BCUT2D eigenvalue weighted by atomic mass is 16.5. The Kier molecular flexibility index (Phi) is 4.85. The van der Waals surface area contributed by atoms with Gasteiger partial charge in [0.25, 0.3) is 0 Å². The lowest BCUT2D eigenvalue weighted by Crippen LogP contribution is -2.14. The standard InChI is InChI=1S/C20H25N3O3/c1-20(2,3)14-11-13(9-10-18(24)26-4)12-17(19(14)25)23-21-15-7-5-6-8-16(15)22-23/h5,7,11-12,25H,6,8-10H2,1-4H3. The van der Waals surface area contributed by atoms with Crippen LogP contribution in [0, 0.1) is 0 Å². The molecule has 0 unspecified atom stereocenters. The minimum atomic E-state index is -0.257. The molecule has 1 aliphatic carbocycles. The second-order valence-electron chi connectivity index (χ2n) is 7.60. The second kappa shape index (κ2) is 6.94. The van der Waals surface area contributed by atoms with Gasteiger partial charge in [0, 0.05) is 12.0 Å². The molecule has 0 atom stereocenters. The van der Waals surface area contributed by atoms with Crippen molar-refractivity contribution in [3.05, 3.63) is 40.7 Å². The van der Waals surface area contributed by atoms with Crippen LogP contribution in [0.4, 0.5) is 0 Å². The van der Waals surface area contributed by atoms with Crippen molar-refractivity contribution in [1.82, 2.24) is 15.0 Å². The molecular weight excluding hydrogens is 330 g/mol. The van der Waals surface area contributed by atoms with Gasteiger partial charge in [0.2, 0.25) is 0 Å². The fourth-order valence-electron chi connectivity index (χ4n) is 3.07. The molecule has 1 heterocycles. The molecule has 2 aromatic rings. The highest BCUT2D eigenvalue weighted by molar-refractivity contribution is 5.69. The summed E-state index contributed by atoms with van der Waals surface area (Å²) in [5.41, 5.74) is 3.81. The second-order valence-corrected chi connectivity index (χ2v) is 7.60. The Morgan fingerprint density at radius 1 is 1.31 bits per heavy atom. The van der Waals surface area contributed by atoms with Gasteiger partial charge in [-0.3, -0.25) is 4.79 Å². The molecule has 6 nitrogen and oxygen atoms in total. The van der Waals surface area contributed by atoms with Crippen LogP contribution < -0.4 is 0 Å². The highest BCUT2D eigenvalue weighted by Gasteiger charge is 2.24. The Morgan fingerprint density at radius 2 is 2.08 bits per heavy atom. The first-order valence-corrected chi connectivity index (χ1v) is 8.86.